The Labute approximate surface area is 140 Å². The summed E-state index contributed by atoms with van der Waals surface area (Å²) < 4.78 is 27.8. The minimum Gasteiger partial charge on any atom is -0.337 e. The predicted octanol–water partition coefficient (Wildman–Crippen LogP) is 3.18. The van der Waals surface area contributed by atoms with Gasteiger partial charge in [-0.05, 0) is 55.4 Å². The van der Waals surface area contributed by atoms with Gasteiger partial charge in [-0.2, -0.15) is 5.10 Å². The predicted molar refractivity (Wildman–Crippen MR) is 86.5 cm³/mol. The second kappa shape index (κ2) is 7.11. The van der Waals surface area contributed by atoms with Gasteiger partial charge in [0.2, 0.25) is 0 Å². The lowest BCUT2D eigenvalue weighted by molar-refractivity contribution is 0.0657. The topological polar surface area (TPSA) is 38.1 Å². The molecular weight excluding hydrogens is 312 g/mol. The first-order valence-electron chi connectivity index (χ1n) is 8.26. The SMILES string of the molecule is Cn1nccc1C(=O)N1CCCC(CCc2ccc(F)c(F)c2)C1. The van der Waals surface area contributed by atoms with Gasteiger partial charge >= 0.3 is 0 Å². The van der Waals surface area contributed by atoms with Crippen molar-refractivity contribution in [3.63, 3.8) is 0 Å². The molecule has 0 N–H and O–H groups in total. The van der Waals surface area contributed by atoms with Gasteiger partial charge in [0.1, 0.15) is 5.69 Å². The molecule has 0 radical (unpaired) electrons. The van der Waals surface area contributed by atoms with Crippen molar-refractivity contribution < 1.29 is 13.6 Å². The molecular formula is C18H21F2N3O. The molecule has 0 saturated carbocycles. The van der Waals surface area contributed by atoms with E-state index in [1.54, 1.807) is 30.1 Å². The first-order valence-corrected chi connectivity index (χ1v) is 8.26. The summed E-state index contributed by atoms with van der Waals surface area (Å²) in [4.78, 5) is 14.4. The van der Waals surface area contributed by atoms with Gasteiger partial charge in [-0.1, -0.05) is 6.07 Å². The van der Waals surface area contributed by atoms with Crippen LogP contribution in [-0.4, -0.2) is 33.7 Å². The molecule has 1 aromatic carbocycles. The third kappa shape index (κ3) is 3.63. The third-order valence-electron chi connectivity index (χ3n) is 4.67. The van der Waals surface area contributed by atoms with Crippen LogP contribution < -0.4 is 0 Å². The van der Waals surface area contributed by atoms with E-state index in [4.69, 9.17) is 0 Å². The van der Waals surface area contributed by atoms with E-state index in [9.17, 15) is 13.6 Å². The number of aryl methyl sites for hydroxylation is 2. The van der Waals surface area contributed by atoms with Crippen LogP contribution >= 0.6 is 0 Å². The molecule has 0 spiro atoms. The molecule has 1 atom stereocenters. The number of benzene rings is 1. The van der Waals surface area contributed by atoms with Gasteiger partial charge in [-0.3, -0.25) is 9.48 Å². The van der Waals surface area contributed by atoms with Crippen LogP contribution in [0.25, 0.3) is 0 Å². The number of amides is 1. The molecule has 1 fully saturated rings. The van der Waals surface area contributed by atoms with E-state index in [-0.39, 0.29) is 5.91 Å². The van der Waals surface area contributed by atoms with Crippen LogP contribution in [0, 0.1) is 17.6 Å². The molecule has 2 aromatic rings. The molecule has 128 valence electrons. The highest BCUT2D eigenvalue weighted by Gasteiger charge is 2.25. The van der Waals surface area contributed by atoms with Crippen molar-refractivity contribution in [1.82, 2.24) is 14.7 Å². The largest absolute Gasteiger partial charge is 0.337 e. The van der Waals surface area contributed by atoms with Crippen LogP contribution in [0.1, 0.15) is 35.3 Å². The Balaban J connectivity index is 1.58. The van der Waals surface area contributed by atoms with E-state index >= 15 is 0 Å². The van der Waals surface area contributed by atoms with E-state index in [2.05, 4.69) is 5.10 Å². The van der Waals surface area contributed by atoms with Crippen LogP contribution in [0.4, 0.5) is 8.78 Å². The molecule has 1 aliphatic rings. The lowest BCUT2D eigenvalue weighted by Gasteiger charge is -2.32. The normalized spacial score (nSPS) is 18.0. The Hall–Kier alpha value is -2.24. The smallest absolute Gasteiger partial charge is 0.272 e. The zero-order valence-corrected chi connectivity index (χ0v) is 13.7. The summed E-state index contributed by atoms with van der Waals surface area (Å²) in [5, 5.41) is 4.05. The minimum atomic E-state index is -0.815. The summed E-state index contributed by atoms with van der Waals surface area (Å²) in [5.41, 5.74) is 1.39. The molecule has 4 nitrogen and oxygen atoms in total. The van der Waals surface area contributed by atoms with Gasteiger partial charge in [0.15, 0.2) is 11.6 Å². The molecule has 24 heavy (non-hydrogen) atoms. The lowest BCUT2D eigenvalue weighted by Crippen LogP contribution is -2.40. The molecule has 1 aromatic heterocycles. The van der Waals surface area contributed by atoms with Crippen LogP contribution in [0.2, 0.25) is 0 Å². The molecule has 6 heteroatoms. The summed E-state index contributed by atoms with van der Waals surface area (Å²) in [5.74, 6) is -1.23. The van der Waals surface area contributed by atoms with Crippen molar-refractivity contribution in [2.45, 2.75) is 25.7 Å². The Kier molecular flexibility index (Phi) is 4.92. The number of nitrogens with zero attached hydrogens (tertiary/aromatic N) is 3. The maximum Gasteiger partial charge on any atom is 0.272 e. The quantitative estimate of drug-likeness (QED) is 0.862. The number of carbonyl (C=O) groups excluding carboxylic acids is 1. The van der Waals surface area contributed by atoms with Crippen molar-refractivity contribution in [2.24, 2.45) is 13.0 Å². The zero-order valence-electron chi connectivity index (χ0n) is 13.7. The Bertz CT molecular complexity index is 729. The van der Waals surface area contributed by atoms with Crippen LogP contribution in [0.5, 0.6) is 0 Å². The van der Waals surface area contributed by atoms with Crippen molar-refractivity contribution in [3.05, 3.63) is 53.4 Å². The summed E-state index contributed by atoms with van der Waals surface area (Å²) >= 11 is 0. The molecule has 1 amide bonds. The summed E-state index contributed by atoms with van der Waals surface area (Å²) in [6.45, 7) is 1.46. The zero-order chi connectivity index (χ0) is 17.1. The van der Waals surface area contributed by atoms with Crippen LogP contribution in [0.15, 0.2) is 30.5 Å². The van der Waals surface area contributed by atoms with E-state index in [0.29, 0.717) is 24.6 Å². The molecule has 2 heterocycles. The maximum atomic E-state index is 13.3. The van der Waals surface area contributed by atoms with Gasteiger partial charge < -0.3 is 4.90 Å². The molecule has 0 bridgehead atoms. The van der Waals surface area contributed by atoms with E-state index in [1.165, 1.54) is 12.1 Å². The van der Waals surface area contributed by atoms with E-state index in [1.807, 2.05) is 4.90 Å². The van der Waals surface area contributed by atoms with Gasteiger partial charge in [0, 0.05) is 26.3 Å². The fourth-order valence-corrected chi connectivity index (χ4v) is 3.30. The van der Waals surface area contributed by atoms with Crippen LogP contribution in [0.3, 0.4) is 0 Å². The number of aromatic nitrogens is 2. The Morgan fingerprint density at radius 3 is 2.83 bits per heavy atom. The number of carbonyl (C=O) groups is 1. The van der Waals surface area contributed by atoms with Crippen molar-refractivity contribution in [3.8, 4) is 0 Å². The third-order valence-corrected chi connectivity index (χ3v) is 4.67. The standard InChI is InChI=1S/C18H21F2N3O/c1-22-17(8-9-21-22)18(24)23-10-2-3-14(12-23)5-4-13-6-7-15(19)16(20)11-13/h6-9,11,14H,2-5,10,12H2,1H3. The van der Waals surface area contributed by atoms with Crippen molar-refractivity contribution in [2.75, 3.05) is 13.1 Å². The molecule has 1 unspecified atom stereocenters. The number of hydrogen-bond acceptors (Lipinski definition) is 2. The number of piperidine rings is 1. The maximum absolute atomic E-state index is 13.3. The second-order valence-electron chi connectivity index (χ2n) is 6.39. The highest BCUT2D eigenvalue weighted by molar-refractivity contribution is 5.92. The first-order chi connectivity index (χ1) is 11.5. The summed E-state index contributed by atoms with van der Waals surface area (Å²) in [7, 11) is 1.76. The monoisotopic (exact) mass is 333 g/mol. The van der Waals surface area contributed by atoms with Gasteiger partial charge in [-0.15, -0.1) is 0 Å². The average Bonchev–Trinajstić information content (AvgIpc) is 3.01. The van der Waals surface area contributed by atoms with Crippen molar-refractivity contribution >= 4 is 5.91 Å². The summed E-state index contributed by atoms with van der Waals surface area (Å²) in [6, 6.07) is 5.79. The molecule has 3 rings (SSSR count). The average molecular weight is 333 g/mol. The van der Waals surface area contributed by atoms with Gasteiger partial charge in [-0.25, -0.2) is 8.78 Å². The number of hydrogen-bond donors (Lipinski definition) is 0. The first kappa shape index (κ1) is 16.6. The highest BCUT2D eigenvalue weighted by atomic mass is 19.2. The fraction of sp³-hybridized carbons (Fsp3) is 0.444. The minimum absolute atomic E-state index is 0.00697. The number of halogens is 2. The summed E-state index contributed by atoms with van der Waals surface area (Å²) in [6.07, 6.45) is 5.19. The van der Waals surface area contributed by atoms with Gasteiger partial charge in [0.05, 0.1) is 0 Å². The molecule has 1 aliphatic heterocycles. The van der Waals surface area contributed by atoms with E-state index in [0.717, 1.165) is 31.4 Å². The Morgan fingerprint density at radius 1 is 1.29 bits per heavy atom. The Morgan fingerprint density at radius 2 is 2.12 bits per heavy atom. The number of likely N-dealkylation sites (tertiary alicyclic amines) is 1. The second-order valence-corrected chi connectivity index (χ2v) is 6.39. The fourth-order valence-electron chi connectivity index (χ4n) is 3.30. The molecule has 1 saturated heterocycles. The number of rotatable bonds is 4. The van der Waals surface area contributed by atoms with Crippen molar-refractivity contribution in [1.29, 1.82) is 0 Å². The molecule has 0 aliphatic carbocycles. The van der Waals surface area contributed by atoms with Gasteiger partial charge in [0.25, 0.3) is 5.91 Å². The highest BCUT2D eigenvalue weighted by Crippen LogP contribution is 2.23. The lowest BCUT2D eigenvalue weighted by atomic mass is 9.91. The van der Waals surface area contributed by atoms with Crippen LogP contribution in [-0.2, 0) is 13.5 Å². The van der Waals surface area contributed by atoms with E-state index < -0.39 is 11.6 Å².